The maximum atomic E-state index is 5.85. The minimum atomic E-state index is 0.508. The zero-order valence-corrected chi connectivity index (χ0v) is 11.1. The molecule has 0 spiro atoms. The van der Waals surface area contributed by atoms with Crippen LogP contribution in [-0.2, 0) is 20.1 Å². The molecule has 0 fully saturated rings. The minimum absolute atomic E-state index is 0.508. The van der Waals surface area contributed by atoms with Gasteiger partial charge >= 0.3 is 0 Å². The highest BCUT2D eigenvalue weighted by molar-refractivity contribution is 5.53. The number of aromatic nitrogens is 2. The third-order valence-electron chi connectivity index (χ3n) is 3.09. The van der Waals surface area contributed by atoms with Gasteiger partial charge in [0.15, 0.2) is 0 Å². The number of hydrogen-bond donors (Lipinski definition) is 1. The lowest BCUT2D eigenvalue weighted by molar-refractivity contribution is 0.293. The van der Waals surface area contributed by atoms with Crippen molar-refractivity contribution in [2.24, 2.45) is 7.05 Å². The fraction of sp³-hybridized carbons (Fsp3) is 0.357. The standard InChI is InChI=1S/C14H19N3O/c1-4-11-8-12(17(3)16-11)9-18-14-7-5-6-13(15)10(14)2/h5-8H,4,9,15H2,1-3H3. The van der Waals surface area contributed by atoms with Crippen molar-refractivity contribution in [2.45, 2.75) is 26.9 Å². The van der Waals surface area contributed by atoms with Crippen LogP contribution < -0.4 is 10.5 Å². The van der Waals surface area contributed by atoms with E-state index < -0.39 is 0 Å². The van der Waals surface area contributed by atoms with Gasteiger partial charge in [0.2, 0.25) is 0 Å². The molecule has 0 aliphatic carbocycles. The zero-order valence-electron chi connectivity index (χ0n) is 11.1. The summed E-state index contributed by atoms with van der Waals surface area (Å²) in [5.41, 5.74) is 9.73. The molecule has 0 bridgehead atoms. The quantitative estimate of drug-likeness (QED) is 0.842. The van der Waals surface area contributed by atoms with Crippen molar-refractivity contribution in [3.05, 3.63) is 41.2 Å². The fourth-order valence-electron chi connectivity index (χ4n) is 1.82. The van der Waals surface area contributed by atoms with Crippen molar-refractivity contribution in [1.82, 2.24) is 9.78 Å². The van der Waals surface area contributed by atoms with Crippen LogP contribution in [0.15, 0.2) is 24.3 Å². The molecule has 1 heterocycles. The first-order chi connectivity index (χ1) is 8.61. The van der Waals surface area contributed by atoms with Crippen molar-refractivity contribution >= 4 is 5.69 Å². The molecule has 0 saturated carbocycles. The molecule has 0 radical (unpaired) electrons. The third kappa shape index (κ3) is 2.47. The van der Waals surface area contributed by atoms with Gasteiger partial charge in [0, 0.05) is 18.3 Å². The first-order valence-electron chi connectivity index (χ1n) is 6.11. The lowest BCUT2D eigenvalue weighted by atomic mass is 10.2. The van der Waals surface area contributed by atoms with Crippen LogP contribution in [0.4, 0.5) is 5.69 Å². The van der Waals surface area contributed by atoms with Crippen LogP contribution in [0.3, 0.4) is 0 Å². The summed E-state index contributed by atoms with van der Waals surface area (Å²) >= 11 is 0. The van der Waals surface area contributed by atoms with E-state index >= 15 is 0 Å². The van der Waals surface area contributed by atoms with Gasteiger partial charge in [0.1, 0.15) is 12.4 Å². The molecule has 96 valence electrons. The van der Waals surface area contributed by atoms with E-state index in [4.69, 9.17) is 10.5 Å². The molecule has 1 aromatic heterocycles. The Bertz CT molecular complexity index is 546. The summed E-state index contributed by atoms with van der Waals surface area (Å²) in [4.78, 5) is 0. The summed E-state index contributed by atoms with van der Waals surface area (Å²) in [5, 5.41) is 4.39. The highest BCUT2D eigenvalue weighted by Gasteiger charge is 2.06. The Morgan fingerprint density at radius 1 is 1.39 bits per heavy atom. The van der Waals surface area contributed by atoms with Gasteiger partial charge in [0.25, 0.3) is 0 Å². The number of nitrogen functional groups attached to an aromatic ring is 1. The van der Waals surface area contributed by atoms with E-state index in [1.807, 2.05) is 36.9 Å². The van der Waals surface area contributed by atoms with Gasteiger partial charge in [-0.25, -0.2) is 0 Å². The van der Waals surface area contributed by atoms with E-state index in [0.29, 0.717) is 6.61 Å². The molecule has 0 aliphatic rings. The van der Waals surface area contributed by atoms with Crippen LogP contribution in [0, 0.1) is 6.92 Å². The number of ether oxygens (including phenoxy) is 1. The zero-order chi connectivity index (χ0) is 13.1. The topological polar surface area (TPSA) is 53.1 Å². The largest absolute Gasteiger partial charge is 0.487 e. The molecule has 0 saturated heterocycles. The molecule has 18 heavy (non-hydrogen) atoms. The molecule has 0 unspecified atom stereocenters. The van der Waals surface area contributed by atoms with E-state index in [2.05, 4.69) is 18.1 Å². The molecule has 0 aliphatic heterocycles. The van der Waals surface area contributed by atoms with Crippen LogP contribution in [-0.4, -0.2) is 9.78 Å². The molecule has 0 amide bonds. The number of nitrogens with two attached hydrogens (primary N) is 1. The van der Waals surface area contributed by atoms with Crippen LogP contribution >= 0.6 is 0 Å². The average Bonchev–Trinajstić information content (AvgIpc) is 2.72. The molecule has 2 N–H and O–H groups in total. The van der Waals surface area contributed by atoms with Gasteiger partial charge in [0.05, 0.1) is 11.4 Å². The molecule has 4 nitrogen and oxygen atoms in total. The van der Waals surface area contributed by atoms with Gasteiger partial charge in [-0.15, -0.1) is 0 Å². The van der Waals surface area contributed by atoms with E-state index in [1.54, 1.807) is 0 Å². The van der Waals surface area contributed by atoms with Crippen LogP contribution in [0.5, 0.6) is 5.75 Å². The van der Waals surface area contributed by atoms with E-state index in [1.165, 1.54) is 0 Å². The number of aryl methyl sites for hydroxylation is 2. The Kier molecular flexibility index (Phi) is 3.55. The molecular weight excluding hydrogens is 226 g/mol. The summed E-state index contributed by atoms with van der Waals surface area (Å²) in [5.74, 6) is 0.828. The van der Waals surface area contributed by atoms with Gasteiger partial charge < -0.3 is 10.5 Å². The lowest BCUT2D eigenvalue weighted by Gasteiger charge is -2.10. The molecule has 0 atom stereocenters. The maximum absolute atomic E-state index is 5.85. The molecule has 1 aromatic carbocycles. The van der Waals surface area contributed by atoms with Gasteiger partial charge in [-0.1, -0.05) is 13.0 Å². The summed E-state index contributed by atoms with van der Waals surface area (Å²) in [6, 6.07) is 7.78. The average molecular weight is 245 g/mol. The normalized spacial score (nSPS) is 10.6. The van der Waals surface area contributed by atoms with Gasteiger partial charge in [-0.3, -0.25) is 4.68 Å². The Hall–Kier alpha value is -1.97. The second-order valence-corrected chi connectivity index (χ2v) is 4.36. The van der Waals surface area contributed by atoms with Crippen molar-refractivity contribution in [2.75, 3.05) is 5.73 Å². The number of nitrogens with zero attached hydrogens (tertiary/aromatic N) is 2. The van der Waals surface area contributed by atoms with E-state index in [-0.39, 0.29) is 0 Å². The highest BCUT2D eigenvalue weighted by atomic mass is 16.5. The van der Waals surface area contributed by atoms with Crippen LogP contribution in [0.25, 0.3) is 0 Å². The predicted molar refractivity (Wildman–Crippen MR) is 72.5 cm³/mol. The molecule has 2 aromatic rings. The summed E-state index contributed by atoms with van der Waals surface area (Å²) in [7, 11) is 1.93. The van der Waals surface area contributed by atoms with Gasteiger partial charge in [-0.05, 0) is 31.5 Å². The van der Waals surface area contributed by atoms with Crippen molar-refractivity contribution in [1.29, 1.82) is 0 Å². The second-order valence-electron chi connectivity index (χ2n) is 4.36. The van der Waals surface area contributed by atoms with Crippen LogP contribution in [0.2, 0.25) is 0 Å². The third-order valence-corrected chi connectivity index (χ3v) is 3.09. The highest BCUT2D eigenvalue weighted by Crippen LogP contribution is 2.23. The maximum Gasteiger partial charge on any atom is 0.130 e. The predicted octanol–water partition coefficient (Wildman–Crippen LogP) is 2.45. The summed E-state index contributed by atoms with van der Waals surface area (Å²) < 4.78 is 7.66. The van der Waals surface area contributed by atoms with Crippen molar-refractivity contribution < 1.29 is 4.74 Å². The number of benzene rings is 1. The Morgan fingerprint density at radius 2 is 2.17 bits per heavy atom. The Labute approximate surface area is 107 Å². The first-order valence-corrected chi connectivity index (χ1v) is 6.11. The summed E-state index contributed by atoms with van der Waals surface area (Å²) in [6.07, 6.45) is 0.936. The van der Waals surface area contributed by atoms with Crippen molar-refractivity contribution in [3.63, 3.8) is 0 Å². The Balaban J connectivity index is 2.11. The Morgan fingerprint density at radius 3 is 2.83 bits per heavy atom. The monoisotopic (exact) mass is 245 g/mol. The van der Waals surface area contributed by atoms with Crippen LogP contribution in [0.1, 0.15) is 23.9 Å². The van der Waals surface area contributed by atoms with Crippen molar-refractivity contribution in [3.8, 4) is 5.75 Å². The SMILES string of the molecule is CCc1cc(COc2cccc(N)c2C)n(C)n1. The van der Waals surface area contributed by atoms with E-state index in [9.17, 15) is 0 Å². The second kappa shape index (κ2) is 5.12. The minimum Gasteiger partial charge on any atom is -0.487 e. The van der Waals surface area contributed by atoms with E-state index in [0.717, 1.165) is 34.8 Å². The fourth-order valence-corrected chi connectivity index (χ4v) is 1.82. The summed E-state index contributed by atoms with van der Waals surface area (Å²) in [6.45, 7) is 4.56. The number of rotatable bonds is 4. The smallest absolute Gasteiger partial charge is 0.130 e. The number of anilines is 1. The van der Waals surface area contributed by atoms with Gasteiger partial charge in [-0.2, -0.15) is 5.10 Å². The molecule has 4 heteroatoms. The lowest BCUT2D eigenvalue weighted by Crippen LogP contribution is -2.04. The molecular formula is C14H19N3O. The first kappa shape index (κ1) is 12.5. The number of hydrogen-bond acceptors (Lipinski definition) is 3. The molecule has 2 rings (SSSR count).